The fourth-order valence-corrected chi connectivity index (χ4v) is 2.76. The molecule has 2 rings (SSSR count). The van der Waals surface area contributed by atoms with Crippen molar-refractivity contribution >= 4 is 43.8 Å². The summed E-state index contributed by atoms with van der Waals surface area (Å²) in [6.07, 6.45) is 0. The van der Waals surface area contributed by atoms with Gasteiger partial charge in [-0.1, -0.05) is 35.9 Å². The van der Waals surface area contributed by atoms with Crippen LogP contribution >= 0.6 is 8.25 Å². The summed E-state index contributed by atoms with van der Waals surface area (Å²) in [6, 6.07) is 12.4. The van der Waals surface area contributed by atoms with E-state index in [1.54, 1.807) is 24.3 Å². The molecule has 0 aliphatic heterocycles. The van der Waals surface area contributed by atoms with Gasteiger partial charge in [0.2, 0.25) is 0 Å². The van der Waals surface area contributed by atoms with Gasteiger partial charge in [-0.15, -0.1) is 0 Å². The van der Waals surface area contributed by atoms with E-state index in [0.717, 1.165) is 16.7 Å². The van der Waals surface area contributed by atoms with Crippen molar-refractivity contribution in [2.45, 2.75) is 20.8 Å². The summed E-state index contributed by atoms with van der Waals surface area (Å²) in [5.74, 6) is -0.245. The fraction of sp³-hybridized carbons (Fsp3) is 0.188. The summed E-state index contributed by atoms with van der Waals surface area (Å²) in [5.41, 5.74) is 3.08. The first-order valence-corrected chi connectivity index (χ1v) is 7.57. The topological polar surface area (TPSA) is 52.6 Å². The molecule has 109 valence electrons. The summed E-state index contributed by atoms with van der Waals surface area (Å²) in [6.45, 7) is 5.59. The second-order valence-corrected chi connectivity index (χ2v) is 5.59. The number of hydrogen-bond acceptors (Lipinski definition) is 4. The quantitative estimate of drug-likeness (QED) is 0.626. The minimum atomic E-state index is -2.55. The van der Waals surface area contributed by atoms with Crippen LogP contribution in [0.4, 0.5) is 0 Å². The van der Waals surface area contributed by atoms with E-state index in [9.17, 15) is 9.36 Å². The molecule has 1 radical (unpaired) electrons. The Morgan fingerprint density at radius 3 is 2.09 bits per heavy atom. The molecule has 0 bridgehead atoms. The van der Waals surface area contributed by atoms with Gasteiger partial charge in [0.15, 0.2) is 5.75 Å². The summed E-state index contributed by atoms with van der Waals surface area (Å²) >= 11 is 0. The molecular weight excluding hydrogens is 310 g/mol. The Bertz CT molecular complexity index is 663. The fourth-order valence-electron chi connectivity index (χ4n) is 2.20. The molecule has 0 amide bonds. The number of hydrogen-bond donors (Lipinski definition) is 0. The SMILES string of the molecule is Cc1cc(C)c(C(=O)O[P+](=O)Oc2ccccc2)c(C)c1.[Na]. The number of carbonyl (C=O) groups excluding carboxylic acids is 1. The first-order chi connectivity index (χ1) is 9.97. The molecule has 0 aliphatic rings. The van der Waals surface area contributed by atoms with Crippen molar-refractivity contribution in [3.63, 3.8) is 0 Å². The monoisotopic (exact) mass is 326 g/mol. The number of aryl methyl sites for hydroxylation is 3. The molecule has 4 nitrogen and oxygen atoms in total. The molecule has 1 unspecified atom stereocenters. The third-order valence-electron chi connectivity index (χ3n) is 2.96. The predicted molar refractivity (Wildman–Crippen MR) is 86.5 cm³/mol. The Hall–Kier alpha value is -1.19. The minimum absolute atomic E-state index is 0. The van der Waals surface area contributed by atoms with Crippen LogP contribution in [0, 0.1) is 20.8 Å². The smallest absolute Gasteiger partial charge is 0.241 e. The van der Waals surface area contributed by atoms with E-state index < -0.39 is 14.2 Å². The maximum atomic E-state index is 12.1. The largest absolute Gasteiger partial charge is 0.808 e. The molecule has 2 aromatic carbocycles. The molecule has 22 heavy (non-hydrogen) atoms. The third kappa shape index (κ3) is 4.92. The second kappa shape index (κ2) is 8.44. The molecular formula is C16H16NaO4P+. The standard InChI is InChI=1S/C16H16O4P.Na/c1-11-9-12(2)15(13(3)10-11)16(17)20-21(18)19-14-7-5-4-6-8-14;/h4-10H,1-3H3;/q+1;. The summed E-state index contributed by atoms with van der Waals surface area (Å²) < 4.78 is 21.7. The summed E-state index contributed by atoms with van der Waals surface area (Å²) in [7, 11) is -2.55. The van der Waals surface area contributed by atoms with Gasteiger partial charge < -0.3 is 0 Å². The van der Waals surface area contributed by atoms with E-state index in [0.29, 0.717) is 11.3 Å². The van der Waals surface area contributed by atoms with Crippen LogP contribution in [0.5, 0.6) is 5.75 Å². The van der Waals surface area contributed by atoms with E-state index in [-0.39, 0.29) is 29.6 Å². The molecule has 1 atom stereocenters. The van der Waals surface area contributed by atoms with Crippen LogP contribution in [0.15, 0.2) is 42.5 Å². The molecule has 0 fully saturated rings. The average molecular weight is 326 g/mol. The number of para-hydroxylation sites is 1. The van der Waals surface area contributed by atoms with Crippen molar-refractivity contribution < 1.29 is 18.4 Å². The molecule has 0 aromatic heterocycles. The molecule has 2 aromatic rings. The van der Waals surface area contributed by atoms with Crippen molar-refractivity contribution in [1.29, 1.82) is 0 Å². The van der Waals surface area contributed by atoms with Gasteiger partial charge in [0.05, 0.1) is 5.56 Å². The number of benzene rings is 2. The Kier molecular flexibility index (Phi) is 7.24. The van der Waals surface area contributed by atoms with Gasteiger partial charge >= 0.3 is 14.2 Å². The molecule has 0 saturated carbocycles. The maximum absolute atomic E-state index is 12.1. The Morgan fingerprint density at radius 1 is 1.00 bits per heavy atom. The van der Waals surface area contributed by atoms with Gasteiger partial charge in [0.25, 0.3) is 0 Å². The van der Waals surface area contributed by atoms with Gasteiger partial charge in [0, 0.05) is 34.1 Å². The second-order valence-electron chi connectivity index (χ2n) is 4.78. The third-order valence-corrected chi connectivity index (χ3v) is 3.64. The summed E-state index contributed by atoms with van der Waals surface area (Å²) in [4.78, 5) is 12.1. The van der Waals surface area contributed by atoms with Gasteiger partial charge in [-0.25, -0.2) is 9.32 Å². The van der Waals surface area contributed by atoms with Gasteiger partial charge in [-0.05, 0) is 44.0 Å². The van der Waals surface area contributed by atoms with E-state index in [4.69, 9.17) is 9.05 Å². The Labute approximate surface area is 153 Å². The van der Waals surface area contributed by atoms with Crippen molar-refractivity contribution in [1.82, 2.24) is 0 Å². The average Bonchev–Trinajstić information content (AvgIpc) is 2.38. The van der Waals surface area contributed by atoms with E-state index in [1.165, 1.54) is 0 Å². The first-order valence-electron chi connectivity index (χ1n) is 6.48. The number of carbonyl (C=O) groups is 1. The summed E-state index contributed by atoms with van der Waals surface area (Å²) in [5, 5.41) is 0. The maximum Gasteiger partial charge on any atom is 0.808 e. The van der Waals surface area contributed by atoms with Crippen molar-refractivity contribution in [2.75, 3.05) is 0 Å². The molecule has 0 saturated heterocycles. The minimum Gasteiger partial charge on any atom is -0.241 e. The van der Waals surface area contributed by atoms with Crippen molar-refractivity contribution in [3.8, 4) is 5.75 Å². The predicted octanol–water partition coefficient (Wildman–Crippen LogP) is 4.12. The first kappa shape index (κ1) is 18.9. The van der Waals surface area contributed by atoms with Crippen LogP contribution in [0.2, 0.25) is 0 Å². The molecule has 0 heterocycles. The van der Waals surface area contributed by atoms with E-state index in [1.807, 2.05) is 39.0 Å². The molecule has 6 heteroatoms. The zero-order chi connectivity index (χ0) is 15.4. The normalized spacial score (nSPS) is 10.4. The van der Waals surface area contributed by atoms with Gasteiger partial charge in [-0.2, -0.15) is 4.52 Å². The van der Waals surface area contributed by atoms with Crippen LogP contribution in [0.25, 0.3) is 0 Å². The number of rotatable bonds is 4. The van der Waals surface area contributed by atoms with Gasteiger partial charge in [-0.3, -0.25) is 0 Å². The Balaban J connectivity index is 0.00000242. The molecule has 0 spiro atoms. The molecule has 0 N–H and O–H groups in total. The van der Waals surface area contributed by atoms with Crippen LogP contribution in [0.3, 0.4) is 0 Å². The van der Waals surface area contributed by atoms with Crippen LogP contribution in [-0.2, 0) is 9.09 Å². The van der Waals surface area contributed by atoms with Crippen LogP contribution in [0.1, 0.15) is 27.0 Å². The Morgan fingerprint density at radius 2 is 1.55 bits per heavy atom. The van der Waals surface area contributed by atoms with E-state index in [2.05, 4.69) is 0 Å². The zero-order valence-corrected chi connectivity index (χ0v) is 16.0. The van der Waals surface area contributed by atoms with E-state index >= 15 is 0 Å². The van der Waals surface area contributed by atoms with Crippen molar-refractivity contribution in [2.24, 2.45) is 0 Å². The molecule has 0 aliphatic carbocycles. The van der Waals surface area contributed by atoms with Crippen molar-refractivity contribution in [3.05, 3.63) is 64.7 Å². The van der Waals surface area contributed by atoms with Crippen LogP contribution < -0.4 is 4.52 Å². The van der Waals surface area contributed by atoms with Crippen LogP contribution in [-0.4, -0.2) is 35.5 Å². The zero-order valence-electron chi connectivity index (χ0n) is 13.1. The van der Waals surface area contributed by atoms with Gasteiger partial charge in [0.1, 0.15) is 0 Å².